The van der Waals surface area contributed by atoms with Crippen molar-refractivity contribution < 1.29 is 13.9 Å². The number of nitrogens with zero attached hydrogens (tertiary/aromatic N) is 3. The molecule has 3 aromatic carbocycles. The second kappa shape index (κ2) is 9.81. The van der Waals surface area contributed by atoms with E-state index in [0.29, 0.717) is 28.5 Å². The highest BCUT2D eigenvalue weighted by Gasteiger charge is 2.10. The molecule has 1 heterocycles. The van der Waals surface area contributed by atoms with Crippen LogP contribution in [0.3, 0.4) is 0 Å². The van der Waals surface area contributed by atoms with Crippen LogP contribution in [0.2, 0.25) is 5.02 Å². The first-order valence-electron chi connectivity index (χ1n) is 10.1. The van der Waals surface area contributed by atoms with Gasteiger partial charge in [0, 0.05) is 35.1 Å². The number of carbonyl (C=O) groups excluding carboxylic acids is 1. The Labute approximate surface area is 195 Å². The highest BCUT2D eigenvalue weighted by molar-refractivity contribution is 6.30. The second-order valence-electron chi connectivity index (χ2n) is 7.59. The molecule has 0 aliphatic heterocycles. The van der Waals surface area contributed by atoms with E-state index in [9.17, 15) is 9.18 Å². The fourth-order valence-electron chi connectivity index (χ4n) is 3.14. The third-order valence-corrected chi connectivity index (χ3v) is 4.78. The van der Waals surface area contributed by atoms with Crippen molar-refractivity contribution in [3.8, 4) is 11.5 Å². The van der Waals surface area contributed by atoms with Gasteiger partial charge in [0.25, 0.3) is 0 Å². The van der Waals surface area contributed by atoms with Crippen LogP contribution in [-0.2, 0) is 6.54 Å². The Bertz CT molecular complexity index is 1320. The van der Waals surface area contributed by atoms with E-state index in [4.69, 9.17) is 16.3 Å². The molecule has 7 nitrogen and oxygen atoms in total. The Morgan fingerprint density at radius 3 is 2.55 bits per heavy atom. The van der Waals surface area contributed by atoms with E-state index in [1.807, 2.05) is 19.0 Å². The monoisotopic (exact) mass is 465 g/mol. The molecule has 0 fully saturated rings. The Morgan fingerprint density at radius 1 is 1.03 bits per heavy atom. The number of halogens is 2. The minimum atomic E-state index is -0.622. The number of fused-ring (bicyclic) bond motifs is 1. The molecule has 2 amide bonds. The lowest BCUT2D eigenvalue weighted by Gasteiger charge is -2.11. The third-order valence-electron chi connectivity index (χ3n) is 4.54. The van der Waals surface area contributed by atoms with Crippen LogP contribution in [0, 0.1) is 5.82 Å². The molecule has 9 heteroatoms. The van der Waals surface area contributed by atoms with Crippen LogP contribution in [0.5, 0.6) is 11.5 Å². The van der Waals surface area contributed by atoms with E-state index in [2.05, 4.69) is 20.6 Å². The summed E-state index contributed by atoms with van der Waals surface area (Å²) in [5, 5.41) is 5.71. The van der Waals surface area contributed by atoms with Crippen molar-refractivity contribution in [2.24, 2.45) is 0 Å². The maximum Gasteiger partial charge on any atom is 0.323 e. The molecule has 1 aromatic heterocycles. The highest BCUT2D eigenvalue weighted by Crippen LogP contribution is 2.28. The van der Waals surface area contributed by atoms with Crippen LogP contribution in [0.4, 0.5) is 20.6 Å². The van der Waals surface area contributed by atoms with Crippen molar-refractivity contribution in [1.82, 2.24) is 14.9 Å². The molecule has 0 spiro atoms. The van der Waals surface area contributed by atoms with Gasteiger partial charge in [-0.1, -0.05) is 17.7 Å². The Hall–Kier alpha value is -3.75. The number of ether oxygens (including phenoxy) is 1. The molecular weight excluding hydrogens is 445 g/mol. The van der Waals surface area contributed by atoms with Gasteiger partial charge >= 0.3 is 6.03 Å². The molecule has 0 saturated carbocycles. The fraction of sp³-hybridized carbons (Fsp3) is 0.125. The number of amides is 2. The van der Waals surface area contributed by atoms with Gasteiger partial charge < -0.3 is 20.3 Å². The van der Waals surface area contributed by atoms with E-state index in [0.717, 1.165) is 11.2 Å². The molecule has 0 aliphatic rings. The SMILES string of the molecule is CN(C)Cc1cnc2ccc(Oc3ccc(NC(=O)Nc4cccc(Cl)c4)cc3F)cc2n1. The topological polar surface area (TPSA) is 79.4 Å². The number of rotatable bonds is 6. The highest BCUT2D eigenvalue weighted by atomic mass is 35.5. The quantitative estimate of drug-likeness (QED) is 0.369. The van der Waals surface area contributed by atoms with E-state index >= 15 is 0 Å². The van der Waals surface area contributed by atoms with Crippen LogP contribution in [0.15, 0.2) is 66.9 Å². The summed E-state index contributed by atoms with van der Waals surface area (Å²) in [5.74, 6) is -0.173. The van der Waals surface area contributed by atoms with Crippen molar-refractivity contribution >= 4 is 40.0 Å². The first-order valence-corrected chi connectivity index (χ1v) is 10.4. The molecule has 0 radical (unpaired) electrons. The van der Waals surface area contributed by atoms with Crippen molar-refractivity contribution in [3.05, 3.63) is 83.4 Å². The molecule has 168 valence electrons. The summed E-state index contributed by atoms with van der Waals surface area (Å²) in [6, 6.07) is 15.6. The molecule has 33 heavy (non-hydrogen) atoms. The molecule has 0 aliphatic carbocycles. The molecular formula is C24H21ClFN5O2. The molecule has 0 atom stereocenters. The summed E-state index contributed by atoms with van der Waals surface area (Å²) in [6.45, 7) is 0.655. The summed E-state index contributed by atoms with van der Waals surface area (Å²) in [5.41, 5.74) is 2.99. The minimum absolute atomic E-state index is 0.0209. The molecule has 0 bridgehead atoms. The van der Waals surface area contributed by atoms with Crippen molar-refractivity contribution in [1.29, 1.82) is 0 Å². The molecule has 0 unspecified atom stereocenters. The van der Waals surface area contributed by atoms with E-state index in [-0.39, 0.29) is 11.4 Å². The van der Waals surface area contributed by atoms with E-state index in [1.54, 1.807) is 54.7 Å². The fourth-order valence-corrected chi connectivity index (χ4v) is 3.33. The van der Waals surface area contributed by atoms with Crippen LogP contribution < -0.4 is 15.4 Å². The number of urea groups is 1. The minimum Gasteiger partial charge on any atom is -0.454 e. The summed E-state index contributed by atoms with van der Waals surface area (Å²) in [4.78, 5) is 23.1. The maximum absolute atomic E-state index is 14.6. The molecule has 0 saturated heterocycles. The van der Waals surface area contributed by atoms with E-state index in [1.165, 1.54) is 12.1 Å². The standard InChI is InChI=1S/C24H21ClFN5O2/c1-31(2)14-18-13-27-21-8-7-19(12-22(21)28-18)33-23-9-6-17(11-20(23)26)30-24(32)29-16-5-3-4-15(25)10-16/h3-13H,14H2,1-2H3,(H2,29,30,32). The number of benzene rings is 3. The van der Waals surface area contributed by atoms with Crippen molar-refractivity contribution in [3.63, 3.8) is 0 Å². The summed E-state index contributed by atoms with van der Waals surface area (Å²) in [7, 11) is 3.90. The van der Waals surface area contributed by atoms with Gasteiger partial charge in [0.1, 0.15) is 5.75 Å². The van der Waals surface area contributed by atoms with Gasteiger partial charge in [-0.25, -0.2) is 14.2 Å². The predicted molar refractivity (Wildman–Crippen MR) is 127 cm³/mol. The van der Waals surface area contributed by atoms with Gasteiger partial charge in [-0.3, -0.25) is 4.98 Å². The largest absolute Gasteiger partial charge is 0.454 e. The van der Waals surface area contributed by atoms with Crippen molar-refractivity contribution in [2.75, 3.05) is 24.7 Å². The lowest BCUT2D eigenvalue weighted by atomic mass is 10.2. The first-order chi connectivity index (χ1) is 15.9. The zero-order valence-corrected chi connectivity index (χ0v) is 18.7. The zero-order chi connectivity index (χ0) is 23.4. The van der Waals surface area contributed by atoms with Crippen LogP contribution in [0.1, 0.15) is 5.69 Å². The number of carbonyl (C=O) groups is 1. The Kier molecular flexibility index (Phi) is 6.67. The molecule has 4 rings (SSSR count). The Morgan fingerprint density at radius 2 is 1.82 bits per heavy atom. The van der Waals surface area contributed by atoms with Gasteiger partial charge in [-0.15, -0.1) is 0 Å². The number of anilines is 2. The summed E-state index contributed by atoms with van der Waals surface area (Å²) in [6.07, 6.45) is 1.73. The predicted octanol–water partition coefficient (Wildman–Crippen LogP) is 5.92. The average molecular weight is 466 g/mol. The third kappa shape index (κ3) is 5.94. The smallest absolute Gasteiger partial charge is 0.323 e. The van der Waals surface area contributed by atoms with Gasteiger partial charge in [-0.05, 0) is 56.6 Å². The van der Waals surface area contributed by atoms with Gasteiger partial charge in [-0.2, -0.15) is 0 Å². The number of nitrogens with one attached hydrogen (secondary N) is 2. The second-order valence-corrected chi connectivity index (χ2v) is 8.02. The van der Waals surface area contributed by atoms with Gasteiger partial charge in [0.2, 0.25) is 0 Å². The number of aromatic nitrogens is 2. The lowest BCUT2D eigenvalue weighted by Crippen LogP contribution is -2.19. The normalized spacial score (nSPS) is 10.9. The average Bonchev–Trinajstić information content (AvgIpc) is 2.75. The van der Waals surface area contributed by atoms with Crippen LogP contribution >= 0.6 is 11.6 Å². The lowest BCUT2D eigenvalue weighted by molar-refractivity contribution is 0.262. The maximum atomic E-state index is 14.6. The van der Waals surface area contributed by atoms with Gasteiger partial charge in [0.15, 0.2) is 11.6 Å². The first kappa shape index (κ1) is 22.4. The van der Waals surface area contributed by atoms with Crippen LogP contribution in [-0.4, -0.2) is 35.0 Å². The summed E-state index contributed by atoms with van der Waals surface area (Å²) < 4.78 is 20.4. The molecule has 2 N–H and O–H groups in total. The van der Waals surface area contributed by atoms with Crippen LogP contribution in [0.25, 0.3) is 11.0 Å². The van der Waals surface area contributed by atoms with Gasteiger partial charge in [0.05, 0.1) is 22.9 Å². The Balaban J connectivity index is 1.45. The van der Waals surface area contributed by atoms with Crippen molar-refractivity contribution in [2.45, 2.75) is 6.54 Å². The number of hydrogen-bond donors (Lipinski definition) is 2. The number of hydrogen-bond acceptors (Lipinski definition) is 5. The van der Waals surface area contributed by atoms with E-state index < -0.39 is 11.8 Å². The molecule has 4 aromatic rings. The zero-order valence-electron chi connectivity index (χ0n) is 18.0. The summed E-state index contributed by atoms with van der Waals surface area (Å²) >= 11 is 5.91.